The first-order valence-electron chi connectivity index (χ1n) is 6.81. The monoisotopic (exact) mass is 276 g/mol. The van der Waals surface area contributed by atoms with Gasteiger partial charge in [0.15, 0.2) is 0 Å². The highest BCUT2D eigenvalue weighted by molar-refractivity contribution is 7.89. The minimum absolute atomic E-state index is 0.00320. The van der Waals surface area contributed by atoms with Gasteiger partial charge in [-0.3, -0.25) is 0 Å². The Kier molecular flexibility index (Phi) is 4.64. The van der Waals surface area contributed by atoms with E-state index in [1.807, 2.05) is 13.8 Å². The lowest BCUT2D eigenvalue weighted by molar-refractivity contribution is -0.0441. The molecule has 0 amide bonds. The number of hydrogen-bond donors (Lipinski definition) is 1. The minimum atomic E-state index is -3.12. The zero-order valence-corrected chi connectivity index (χ0v) is 12.1. The lowest BCUT2D eigenvalue weighted by Gasteiger charge is -2.35. The van der Waals surface area contributed by atoms with Gasteiger partial charge in [-0.25, -0.2) is 8.42 Å². The Morgan fingerprint density at radius 3 is 2.28 bits per heavy atom. The molecule has 2 rings (SSSR count). The predicted molar refractivity (Wildman–Crippen MR) is 71.0 cm³/mol. The van der Waals surface area contributed by atoms with Gasteiger partial charge in [-0.1, -0.05) is 0 Å². The Labute approximate surface area is 110 Å². The molecule has 0 unspecified atom stereocenters. The van der Waals surface area contributed by atoms with Crippen LogP contribution in [0.1, 0.15) is 26.7 Å². The van der Waals surface area contributed by atoms with Crippen LogP contribution in [-0.2, 0) is 14.8 Å². The van der Waals surface area contributed by atoms with Crippen LogP contribution >= 0.6 is 0 Å². The summed E-state index contributed by atoms with van der Waals surface area (Å²) in [5, 5.41) is 3.27. The highest BCUT2D eigenvalue weighted by Gasteiger charge is 2.32. The Bertz CT molecular complexity index is 356. The zero-order valence-electron chi connectivity index (χ0n) is 11.3. The molecule has 0 saturated carbocycles. The van der Waals surface area contributed by atoms with Gasteiger partial charge in [-0.2, -0.15) is 4.31 Å². The third kappa shape index (κ3) is 3.66. The second kappa shape index (κ2) is 5.86. The number of nitrogens with zero attached hydrogens (tertiary/aromatic N) is 1. The van der Waals surface area contributed by atoms with Crippen LogP contribution < -0.4 is 5.32 Å². The van der Waals surface area contributed by atoms with Crippen LogP contribution in [0.3, 0.4) is 0 Å². The molecule has 5 nitrogen and oxygen atoms in total. The molecule has 18 heavy (non-hydrogen) atoms. The summed E-state index contributed by atoms with van der Waals surface area (Å²) in [7, 11) is -3.12. The van der Waals surface area contributed by atoms with E-state index in [2.05, 4.69) is 5.32 Å². The fraction of sp³-hybridized carbons (Fsp3) is 1.00. The van der Waals surface area contributed by atoms with E-state index in [0.717, 1.165) is 25.9 Å². The van der Waals surface area contributed by atoms with Crippen LogP contribution in [0.25, 0.3) is 0 Å². The van der Waals surface area contributed by atoms with Crippen molar-refractivity contribution in [2.45, 2.75) is 38.9 Å². The first kappa shape index (κ1) is 14.2. The number of morpholine rings is 1. The van der Waals surface area contributed by atoms with Gasteiger partial charge in [-0.05, 0) is 45.7 Å². The maximum absolute atomic E-state index is 12.4. The first-order valence-corrected chi connectivity index (χ1v) is 8.42. The van der Waals surface area contributed by atoms with Gasteiger partial charge < -0.3 is 10.1 Å². The Balaban J connectivity index is 1.96. The van der Waals surface area contributed by atoms with Crippen molar-refractivity contribution in [1.29, 1.82) is 0 Å². The number of piperidine rings is 1. The molecule has 2 aliphatic heterocycles. The van der Waals surface area contributed by atoms with Crippen molar-refractivity contribution in [2.24, 2.45) is 5.92 Å². The van der Waals surface area contributed by atoms with E-state index in [1.54, 1.807) is 4.31 Å². The van der Waals surface area contributed by atoms with Gasteiger partial charge in [0.2, 0.25) is 10.0 Å². The van der Waals surface area contributed by atoms with Crippen molar-refractivity contribution in [2.75, 3.05) is 31.9 Å². The molecule has 0 aromatic heterocycles. The minimum Gasteiger partial charge on any atom is -0.373 e. The predicted octanol–water partition coefficient (Wildman–Crippen LogP) is 0.425. The zero-order chi connectivity index (χ0) is 13.2. The molecular formula is C12H24N2O3S. The average Bonchev–Trinajstić information content (AvgIpc) is 2.28. The van der Waals surface area contributed by atoms with E-state index < -0.39 is 10.0 Å². The maximum Gasteiger partial charge on any atom is 0.214 e. The second-order valence-electron chi connectivity index (χ2n) is 5.55. The lowest BCUT2D eigenvalue weighted by atomic mass is 10.0. The number of rotatable bonds is 3. The van der Waals surface area contributed by atoms with Gasteiger partial charge in [0, 0.05) is 13.1 Å². The molecule has 2 saturated heterocycles. The standard InChI is InChI=1S/C12H24N2O3S/c1-10-7-14(8-11(2)17-10)18(15,16)9-12-3-5-13-6-4-12/h10-13H,3-9H2,1-2H3/t10-,11+. The molecule has 2 heterocycles. The largest absolute Gasteiger partial charge is 0.373 e. The third-order valence-electron chi connectivity index (χ3n) is 3.68. The van der Waals surface area contributed by atoms with Gasteiger partial charge >= 0.3 is 0 Å². The fourth-order valence-electron chi connectivity index (χ4n) is 2.81. The lowest BCUT2D eigenvalue weighted by Crippen LogP contribution is -2.49. The summed E-state index contributed by atoms with van der Waals surface area (Å²) in [6.45, 7) is 6.74. The number of hydrogen-bond acceptors (Lipinski definition) is 4. The van der Waals surface area contributed by atoms with E-state index in [9.17, 15) is 8.42 Å². The molecular weight excluding hydrogens is 252 g/mol. The molecule has 6 heteroatoms. The van der Waals surface area contributed by atoms with E-state index >= 15 is 0 Å². The molecule has 0 aromatic carbocycles. The van der Waals surface area contributed by atoms with Crippen molar-refractivity contribution < 1.29 is 13.2 Å². The molecule has 1 N–H and O–H groups in total. The van der Waals surface area contributed by atoms with Crippen LogP contribution in [0.15, 0.2) is 0 Å². The number of nitrogens with one attached hydrogen (secondary N) is 1. The van der Waals surface area contributed by atoms with Crippen molar-refractivity contribution in [3.8, 4) is 0 Å². The van der Waals surface area contributed by atoms with Gasteiger partial charge in [-0.15, -0.1) is 0 Å². The maximum atomic E-state index is 12.4. The summed E-state index contributed by atoms with van der Waals surface area (Å²) in [6, 6.07) is 0. The Hall–Kier alpha value is -0.170. The Morgan fingerprint density at radius 1 is 1.17 bits per heavy atom. The third-order valence-corrected chi connectivity index (χ3v) is 5.66. The van der Waals surface area contributed by atoms with E-state index in [4.69, 9.17) is 4.74 Å². The van der Waals surface area contributed by atoms with Crippen molar-refractivity contribution in [1.82, 2.24) is 9.62 Å². The van der Waals surface area contributed by atoms with Crippen LogP contribution in [0.5, 0.6) is 0 Å². The second-order valence-corrected chi connectivity index (χ2v) is 7.56. The summed E-state index contributed by atoms with van der Waals surface area (Å²) in [6.07, 6.45) is 1.93. The van der Waals surface area contributed by atoms with Crippen LogP contribution in [0, 0.1) is 5.92 Å². The highest BCUT2D eigenvalue weighted by atomic mass is 32.2. The normalized spacial score (nSPS) is 32.6. The van der Waals surface area contributed by atoms with Crippen molar-refractivity contribution in [3.05, 3.63) is 0 Å². The number of sulfonamides is 1. The molecule has 0 aromatic rings. The van der Waals surface area contributed by atoms with Crippen LogP contribution in [-0.4, -0.2) is 56.9 Å². The summed E-state index contributed by atoms with van der Waals surface area (Å²) in [5.41, 5.74) is 0. The van der Waals surface area contributed by atoms with E-state index in [-0.39, 0.29) is 12.2 Å². The molecule has 0 spiro atoms. The first-order chi connectivity index (χ1) is 8.47. The smallest absolute Gasteiger partial charge is 0.214 e. The molecule has 2 aliphatic rings. The SMILES string of the molecule is C[C@@H]1CN(S(=O)(=O)CC2CCNCC2)C[C@H](C)O1. The number of ether oxygens (including phenoxy) is 1. The van der Waals surface area contributed by atoms with E-state index in [1.165, 1.54) is 0 Å². The molecule has 0 bridgehead atoms. The summed E-state index contributed by atoms with van der Waals surface area (Å²) < 4.78 is 32.0. The molecule has 0 radical (unpaired) electrons. The molecule has 2 fully saturated rings. The summed E-state index contributed by atoms with van der Waals surface area (Å²) >= 11 is 0. The van der Waals surface area contributed by atoms with Gasteiger partial charge in [0.25, 0.3) is 0 Å². The van der Waals surface area contributed by atoms with Gasteiger partial charge in [0.05, 0.1) is 18.0 Å². The molecule has 0 aliphatic carbocycles. The van der Waals surface area contributed by atoms with Crippen molar-refractivity contribution in [3.63, 3.8) is 0 Å². The Morgan fingerprint density at radius 2 is 1.72 bits per heavy atom. The fourth-order valence-corrected chi connectivity index (χ4v) is 4.82. The molecule has 2 atom stereocenters. The highest BCUT2D eigenvalue weighted by Crippen LogP contribution is 2.20. The van der Waals surface area contributed by atoms with Gasteiger partial charge in [0.1, 0.15) is 0 Å². The van der Waals surface area contributed by atoms with Crippen LogP contribution in [0.2, 0.25) is 0 Å². The average molecular weight is 276 g/mol. The molecule has 106 valence electrons. The summed E-state index contributed by atoms with van der Waals surface area (Å²) in [5.74, 6) is 0.610. The van der Waals surface area contributed by atoms with E-state index in [0.29, 0.717) is 24.8 Å². The van der Waals surface area contributed by atoms with Crippen LogP contribution in [0.4, 0.5) is 0 Å². The quantitative estimate of drug-likeness (QED) is 0.812. The topological polar surface area (TPSA) is 58.6 Å². The summed E-state index contributed by atoms with van der Waals surface area (Å²) in [4.78, 5) is 0. The van der Waals surface area contributed by atoms with Crippen molar-refractivity contribution >= 4 is 10.0 Å².